The summed E-state index contributed by atoms with van der Waals surface area (Å²) in [6.45, 7) is 0. The lowest BCUT2D eigenvalue weighted by Gasteiger charge is -2.24. The molecule has 3 rings (SSSR count). The molecular weight excluding hydrogens is 276 g/mol. The Morgan fingerprint density at radius 3 is 2.81 bits per heavy atom. The summed E-state index contributed by atoms with van der Waals surface area (Å²) in [5, 5.41) is 5.58. The predicted octanol–water partition coefficient (Wildman–Crippen LogP) is 4.56. The minimum absolute atomic E-state index is 0.385. The topological polar surface area (TPSA) is 24.9 Å². The molecule has 0 spiro atoms. The molecule has 2 nitrogen and oxygen atoms in total. The molecule has 3 heteroatoms. The molecule has 0 radical (unpaired) electrons. The number of pyridine rings is 1. The molecule has 1 atom stereocenters. The Morgan fingerprint density at radius 2 is 2.00 bits per heavy atom. The van der Waals surface area contributed by atoms with Gasteiger partial charge in [-0.15, -0.1) is 0 Å². The van der Waals surface area contributed by atoms with Crippen LogP contribution in [0, 0.1) is 0 Å². The summed E-state index contributed by atoms with van der Waals surface area (Å²) in [7, 11) is 2.06. The number of para-hydroxylation sites is 1. The molecular formula is C18H24N2S. The quantitative estimate of drug-likeness (QED) is 0.876. The van der Waals surface area contributed by atoms with Gasteiger partial charge in [0.2, 0.25) is 0 Å². The molecule has 2 aromatic rings. The van der Waals surface area contributed by atoms with E-state index in [9.17, 15) is 0 Å². The third-order valence-electron chi connectivity index (χ3n) is 4.44. The van der Waals surface area contributed by atoms with Crippen LogP contribution >= 0.6 is 11.8 Å². The van der Waals surface area contributed by atoms with Crippen LogP contribution in [-0.2, 0) is 0 Å². The molecule has 0 amide bonds. The molecule has 1 fully saturated rings. The van der Waals surface area contributed by atoms with Crippen molar-refractivity contribution in [1.29, 1.82) is 0 Å². The fourth-order valence-corrected chi connectivity index (χ4v) is 4.68. The van der Waals surface area contributed by atoms with Crippen molar-refractivity contribution in [2.45, 2.75) is 43.4 Å². The van der Waals surface area contributed by atoms with Crippen LogP contribution in [0.5, 0.6) is 0 Å². The summed E-state index contributed by atoms with van der Waals surface area (Å²) < 4.78 is 0. The molecule has 112 valence electrons. The molecule has 1 aliphatic rings. The zero-order valence-electron chi connectivity index (χ0n) is 12.7. The highest BCUT2D eigenvalue weighted by Gasteiger charge is 2.18. The van der Waals surface area contributed by atoms with E-state index in [2.05, 4.69) is 53.4 Å². The van der Waals surface area contributed by atoms with Gasteiger partial charge < -0.3 is 5.32 Å². The third-order valence-corrected chi connectivity index (χ3v) is 5.91. The Balaban J connectivity index is 1.75. The minimum Gasteiger partial charge on any atom is -0.312 e. The average molecular weight is 300 g/mol. The lowest BCUT2D eigenvalue weighted by Crippen LogP contribution is -2.21. The molecule has 0 aliphatic heterocycles. The Hall–Kier alpha value is -1.06. The number of hydrogen-bond acceptors (Lipinski definition) is 3. The third kappa shape index (κ3) is 3.58. The van der Waals surface area contributed by atoms with Crippen molar-refractivity contribution in [1.82, 2.24) is 10.3 Å². The summed E-state index contributed by atoms with van der Waals surface area (Å²) in [4.78, 5) is 4.60. The van der Waals surface area contributed by atoms with E-state index < -0.39 is 0 Å². The lowest BCUT2D eigenvalue weighted by atomic mass is 10.0. The smallest absolute Gasteiger partial charge is 0.0750 e. The molecule has 1 aromatic heterocycles. The summed E-state index contributed by atoms with van der Waals surface area (Å²) in [5.74, 6) is 1.14. The second-order valence-corrected chi connectivity index (χ2v) is 7.19. The Morgan fingerprint density at radius 1 is 1.19 bits per heavy atom. The predicted molar refractivity (Wildman–Crippen MR) is 92.9 cm³/mol. The molecule has 1 heterocycles. The van der Waals surface area contributed by atoms with Gasteiger partial charge in [-0.05, 0) is 31.5 Å². The maximum atomic E-state index is 4.60. The van der Waals surface area contributed by atoms with Crippen molar-refractivity contribution in [2.75, 3.05) is 12.8 Å². The normalized spacial score (nSPS) is 18.0. The van der Waals surface area contributed by atoms with Crippen molar-refractivity contribution >= 4 is 22.7 Å². The number of hydrogen-bond donors (Lipinski definition) is 1. The van der Waals surface area contributed by atoms with Crippen LogP contribution in [0.25, 0.3) is 10.9 Å². The first-order chi connectivity index (χ1) is 10.4. The van der Waals surface area contributed by atoms with Crippen LogP contribution in [0.2, 0.25) is 0 Å². The van der Waals surface area contributed by atoms with Gasteiger partial charge in [0.05, 0.1) is 5.52 Å². The number of benzene rings is 1. The van der Waals surface area contributed by atoms with Gasteiger partial charge >= 0.3 is 0 Å². The Labute approximate surface area is 131 Å². The minimum atomic E-state index is 0.385. The van der Waals surface area contributed by atoms with Crippen LogP contribution < -0.4 is 5.32 Å². The number of fused-ring (bicyclic) bond motifs is 1. The monoisotopic (exact) mass is 300 g/mol. The zero-order chi connectivity index (χ0) is 14.5. The van der Waals surface area contributed by atoms with Gasteiger partial charge in [0.15, 0.2) is 0 Å². The number of nitrogens with one attached hydrogen (secondary N) is 1. The van der Waals surface area contributed by atoms with Crippen molar-refractivity contribution in [3.8, 4) is 0 Å². The molecule has 1 saturated carbocycles. The van der Waals surface area contributed by atoms with E-state index in [1.165, 1.54) is 43.1 Å². The van der Waals surface area contributed by atoms with E-state index in [1.54, 1.807) is 0 Å². The number of aromatic nitrogens is 1. The first-order valence-electron chi connectivity index (χ1n) is 8.01. The SMILES string of the molecule is CNC(CSC1CCCCC1)c1cccc2cccnc12. The highest BCUT2D eigenvalue weighted by Crippen LogP contribution is 2.32. The van der Waals surface area contributed by atoms with Gasteiger partial charge in [-0.2, -0.15) is 11.8 Å². The van der Waals surface area contributed by atoms with E-state index in [0.717, 1.165) is 16.5 Å². The van der Waals surface area contributed by atoms with Gasteiger partial charge in [-0.1, -0.05) is 43.5 Å². The second kappa shape index (κ2) is 7.28. The molecule has 1 aromatic carbocycles. The van der Waals surface area contributed by atoms with Crippen molar-refractivity contribution in [3.63, 3.8) is 0 Å². The van der Waals surface area contributed by atoms with E-state index in [0.29, 0.717) is 6.04 Å². The lowest BCUT2D eigenvalue weighted by molar-refractivity contribution is 0.515. The van der Waals surface area contributed by atoms with Crippen molar-refractivity contribution in [2.24, 2.45) is 0 Å². The molecule has 0 saturated heterocycles. The van der Waals surface area contributed by atoms with Crippen LogP contribution in [0.15, 0.2) is 36.5 Å². The summed E-state index contributed by atoms with van der Waals surface area (Å²) in [5.41, 5.74) is 2.47. The van der Waals surface area contributed by atoms with Gasteiger partial charge in [0.25, 0.3) is 0 Å². The highest BCUT2D eigenvalue weighted by molar-refractivity contribution is 7.99. The molecule has 1 aliphatic carbocycles. The first-order valence-corrected chi connectivity index (χ1v) is 9.06. The second-order valence-electron chi connectivity index (χ2n) is 5.86. The van der Waals surface area contributed by atoms with E-state index in [-0.39, 0.29) is 0 Å². The van der Waals surface area contributed by atoms with E-state index in [4.69, 9.17) is 0 Å². The highest BCUT2D eigenvalue weighted by atomic mass is 32.2. The van der Waals surface area contributed by atoms with Crippen LogP contribution in [0.1, 0.15) is 43.7 Å². The van der Waals surface area contributed by atoms with E-state index >= 15 is 0 Å². The summed E-state index contributed by atoms with van der Waals surface area (Å²) in [6.07, 6.45) is 8.95. The molecule has 1 N–H and O–H groups in total. The molecule has 1 unspecified atom stereocenters. The molecule has 21 heavy (non-hydrogen) atoms. The maximum Gasteiger partial charge on any atom is 0.0750 e. The van der Waals surface area contributed by atoms with Gasteiger partial charge in [0, 0.05) is 28.6 Å². The Bertz CT molecular complexity index is 573. The van der Waals surface area contributed by atoms with E-state index in [1.807, 2.05) is 12.3 Å². The van der Waals surface area contributed by atoms with Crippen molar-refractivity contribution < 1.29 is 0 Å². The van der Waals surface area contributed by atoms with Gasteiger partial charge in [-0.25, -0.2) is 0 Å². The standard InChI is InChI=1S/C18H24N2S/c1-19-17(13-21-15-9-3-2-4-10-15)16-11-5-7-14-8-6-12-20-18(14)16/h5-8,11-12,15,17,19H,2-4,9-10,13H2,1H3. The van der Waals surface area contributed by atoms with Crippen LogP contribution in [-0.4, -0.2) is 23.0 Å². The fraction of sp³-hybridized carbons (Fsp3) is 0.500. The van der Waals surface area contributed by atoms with Gasteiger partial charge in [-0.3, -0.25) is 4.98 Å². The zero-order valence-corrected chi connectivity index (χ0v) is 13.5. The summed E-state index contributed by atoms with van der Waals surface area (Å²) >= 11 is 2.14. The first kappa shape index (κ1) is 14.9. The van der Waals surface area contributed by atoms with Gasteiger partial charge in [0.1, 0.15) is 0 Å². The van der Waals surface area contributed by atoms with Crippen LogP contribution in [0.4, 0.5) is 0 Å². The molecule has 0 bridgehead atoms. The number of nitrogens with zero attached hydrogens (tertiary/aromatic N) is 1. The largest absolute Gasteiger partial charge is 0.312 e. The summed E-state index contributed by atoms with van der Waals surface area (Å²) in [6, 6.07) is 11.1. The average Bonchev–Trinajstić information content (AvgIpc) is 2.56. The number of thioether (sulfide) groups is 1. The number of rotatable bonds is 5. The van der Waals surface area contributed by atoms with Crippen LogP contribution in [0.3, 0.4) is 0 Å². The van der Waals surface area contributed by atoms with Crippen molar-refractivity contribution in [3.05, 3.63) is 42.1 Å². The Kier molecular flexibility index (Phi) is 5.15. The fourth-order valence-electron chi connectivity index (χ4n) is 3.20. The maximum absolute atomic E-state index is 4.60.